The third kappa shape index (κ3) is 9.87. The number of fused-ring (bicyclic) bond motifs is 4. The molecule has 4 aliphatic carbocycles. The second kappa shape index (κ2) is 21.7. The third-order valence-electron chi connectivity index (χ3n) is 14.8. The number of pyridine rings is 1. The fraction of sp³-hybridized carbons (Fsp3) is 0.143. The van der Waals surface area contributed by atoms with Crippen molar-refractivity contribution >= 4 is 33.0 Å². The zero-order chi connectivity index (χ0) is 51.0. The molecule has 3 heterocycles. The van der Waals surface area contributed by atoms with E-state index in [1.54, 1.807) is 12.3 Å². The molecule has 4 nitrogen and oxygen atoms in total. The Labute approximate surface area is 458 Å². The second-order valence-electron chi connectivity index (χ2n) is 20.3. The summed E-state index contributed by atoms with van der Waals surface area (Å²) in [6.07, 6.45) is 5.80. The van der Waals surface area contributed by atoms with E-state index in [1.807, 2.05) is 18.2 Å². The molecule has 0 amide bonds. The molecule has 0 aliphatic heterocycles. The minimum atomic E-state index is -0.283. The predicted molar refractivity (Wildman–Crippen MR) is 307 cm³/mol. The Hall–Kier alpha value is -8.02. The number of benzene rings is 9. The van der Waals surface area contributed by atoms with Crippen LogP contribution in [0.3, 0.4) is 0 Å². The van der Waals surface area contributed by atoms with Crippen molar-refractivity contribution in [2.75, 3.05) is 0 Å². The zero-order valence-corrected chi connectivity index (χ0v) is 45.5. The normalized spacial score (nSPS) is 12.2. The average Bonchev–Trinajstić information content (AvgIpc) is 4.09. The van der Waals surface area contributed by atoms with Gasteiger partial charge in [-0.2, -0.15) is 0 Å². The third-order valence-corrected chi connectivity index (χ3v) is 14.8. The van der Waals surface area contributed by atoms with Crippen LogP contribution in [0.1, 0.15) is 72.9 Å². The molecule has 0 N–H and O–H groups in total. The van der Waals surface area contributed by atoms with Gasteiger partial charge in [0.2, 0.25) is 0 Å². The Morgan fingerprint density at radius 3 is 1.91 bits per heavy atom. The van der Waals surface area contributed by atoms with E-state index in [4.69, 9.17) is 9.40 Å². The van der Waals surface area contributed by atoms with Gasteiger partial charge in [-0.1, -0.05) is 172 Å². The maximum atomic E-state index is 13.4. The first-order valence-corrected chi connectivity index (χ1v) is 26.2. The molecule has 0 unspecified atom stereocenters. The van der Waals surface area contributed by atoms with E-state index in [2.05, 4.69) is 213 Å². The fourth-order valence-electron chi connectivity index (χ4n) is 10.8. The minimum absolute atomic E-state index is 0. The molecule has 4 bridgehead atoms. The van der Waals surface area contributed by atoms with Gasteiger partial charge in [0.05, 0.1) is 22.4 Å². The fourth-order valence-corrected chi connectivity index (χ4v) is 10.8. The quantitative estimate of drug-likeness (QED) is 0.142. The predicted octanol–water partition coefficient (Wildman–Crippen LogP) is 18.2. The molecule has 0 atom stereocenters. The van der Waals surface area contributed by atoms with Gasteiger partial charge in [0.15, 0.2) is 0 Å². The Morgan fingerprint density at radius 1 is 0.553 bits per heavy atom. The number of hydrogen-bond donors (Lipinski definition) is 0. The zero-order valence-electron chi connectivity index (χ0n) is 43.1. The van der Waals surface area contributed by atoms with Crippen molar-refractivity contribution in [3.63, 3.8) is 0 Å². The standard InChI is InChI=1S/C43H35N2O.C27H21FN.Ir/c1-27(2)36-24-32(30-16-9-6-10-17-30)25-37(28(3)4)41(36)45-39-21-12-11-20-38(39)44-43(45)35-19-13-18-34-33-23-22-31(26-40(33)46-42(34)35)29-14-7-5-8-15-29;28-24-15-13-23(14-16-24)27-25(2-1-17-29-27)26-18-21-8-7-19-3-5-20(6-4-19)9-11-22(26)12-10-21;/h5-18,20-28H,1-4H3;1-6,10,12-13,15-18H,7-9,11H2;/q2*-1;. The summed E-state index contributed by atoms with van der Waals surface area (Å²) in [5, 5.41) is 2.15. The van der Waals surface area contributed by atoms with Crippen LogP contribution in [-0.4, -0.2) is 14.5 Å². The number of furan rings is 1. The molecule has 4 aliphatic rings. The molecule has 0 saturated heterocycles. The first-order chi connectivity index (χ1) is 36.7. The molecular weight excluding hydrogens is 1110 g/mol. The molecule has 76 heavy (non-hydrogen) atoms. The smallest absolute Gasteiger partial charge is 0.121 e. The number of nitrogens with zero attached hydrogens (tertiary/aromatic N) is 3. The summed E-state index contributed by atoms with van der Waals surface area (Å²) in [6, 6.07) is 76.1. The van der Waals surface area contributed by atoms with Crippen molar-refractivity contribution in [1.82, 2.24) is 14.5 Å². The van der Waals surface area contributed by atoms with E-state index >= 15 is 0 Å². The molecule has 6 heteroatoms. The molecule has 0 saturated carbocycles. The van der Waals surface area contributed by atoms with Crippen LogP contribution < -0.4 is 0 Å². The van der Waals surface area contributed by atoms with Gasteiger partial charge < -0.3 is 14.0 Å². The van der Waals surface area contributed by atoms with Crippen LogP contribution in [0.5, 0.6) is 0 Å². The average molecular weight is 1170 g/mol. The number of para-hydroxylation sites is 2. The van der Waals surface area contributed by atoms with Crippen molar-refractivity contribution in [3.8, 4) is 61.7 Å². The first kappa shape index (κ1) is 50.2. The van der Waals surface area contributed by atoms with Gasteiger partial charge in [-0.15, -0.1) is 48.0 Å². The number of imidazole rings is 1. The van der Waals surface area contributed by atoms with E-state index in [-0.39, 0.29) is 37.8 Å². The van der Waals surface area contributed by atoms with Gasteiger partial charge in [0, 0.05) is 43.2 Å². The minimum Gasteiger partial charge on any atom is -0.501 e. The molecule has 0 fully saturated rings. The van der Waals surface area contributed by atoms with E-state index in [0.29, 0.717) is 0 Å². The first-order valence-electron chi connectivity index (χ1n) is 26.2. The summed E-state index contributed by atoms with van der Waals surface area (Å²) in [5.41, 5.74) is 22.4. The summed E-state index contributed by atoms with van der Waals surface area (Å²) in [6.45, 7) is 9.14. The Kier molecular flexibility index (Phi) is 14.3. The van der Waals surface area contributed by atoms with Crippen LogP contribution in [0.15, 0.2) is 211 Å². The maximum absolute atomic E-state index is 13.4. The molecule has 12 aromatic rings. The van der Waals surface area contributed by atoms with Crippen molar-refractivity contribution in [1.29, 1.82) is 0 Å². The van der Waals surface area contributed by atoms with Crippen molar-refractivity contribution in [3.05, 3.63) is 258 Å². The SMILES string of the molecule is CC(C)c1cc(-c2ccccc2)cc(C(C)C)c1-n1c(-c2[c-]ccc3c2oc2cc(-c4ccccc4)ccc23)nc2ccccc21.Fc1c[c-]c(-c2ncccc2-c2cc3ccc2CCc2ccc(cc2)CC3)cc1.[Ir]. The molecule has 9 aromatic carbocycles. The number of aromatic nitrogens is 3. The van der Waals surface area contributed by atoms with Gasteiger partial charge in [0.25, 0.3) is 0 Å². The summed E-state index contributed by atoms with van der Waals surface area (Å²) >= 11 is 0. The van der Waals surface area contributed by atoms with Crippen molar-refractivity contribution in [2.45, 2.75) is 65.2 Å². The van der Waals surface area contributed by atoms with E-state index in [9.17, 15) is 4.39 Å². The molecular formula is C70H56FIrN3O-2. The van der Waals surface area contributed by atoms with Crippen molar-refractivity contribution < 1.29 is 28.9 Å². The summed E-state index contributed by atoms with van der Waals surface area (Å²) in [5.74, 6) is 1.12. The second-order valence-corrected chi connectivity index (χ2v) is 20.3. The van der Waals surface area contributed by atoms with E-state index < -0.39 is 0 Å². The Balaban J connectivity index is 0.000000177. The van der Waals surface area contributed by atoms with Crippen LogP contribution in [0.4, 0.5) is 4.39 Å². The van der Waals surface area contributed by atoms with Crippen molar-refractivity contribution in [2.24, 2.45) is 0 Å². The summed E-state index contributed by atoms with van der Waals surface area (Å²) < 4.78 is 22.5. The molecule has 1 radical (unpaired) electrons. The van der Waals surface area contributed by atoms with Gasteiger partial charge in [0.1, 0.15) is 5.58 Å². The maximum Gasteiger partial charge on any atom is 0.121 e. The van der Waals surface area contributed by atoms with Crippen LogP contribution in [0.25, 0.3) is 94.7 Å². The van der Waals surface area contributed by atoms with Gasteiger partial charge in [-0.3, -0.25) is 9.37 Å². The number of rotatable bonds is 8. The van der Waals surface area contributed by atoms with Gasteiger partial charge in [-0.05, 0) is 146 Å². The monoisotopic (exact) mass is 1170 g/mol. The van der Waals surface area contributed by atoms with Crippen LogP contribution in [0, 0.1) is 17.9 Å². The molecule has 3 aromatic heterocycles. The summed E-state index contributed by atoms with van der Waals surface area (Å²) in [7, 11) is 0. The number of hydrogen-bond acceptors (Lipinski definition) is 3. The van der Waals surface area contributed by atoms with E-state index in [1.165, 1.54) is 73.5 Å². The van der Waals surface area contributed by atoms with Gasteiger partial charge in [-0.25, -0.2) is 0 Å². The number of aryl methyl sites for hydroxylation is 4. The number of halogens is 1. The van der Waals surface area contributed by atoms with Crippen LogP contribution in [-0.2, 0) is 45.8 Å². The van der Waals surface area contributed by atoms with Crippen LogP contribution in [0.2, 0.25) is 0 Å². The topological polar surface area (TPSA) is 43.9 Å². The molecule has 375 valence electrons. The van der Waals surface area contributed by atoms with Crippen LogP contribution >= 0.6 is 0 Å². The molecule has 16 rings (SSSR count). The largest absolute Gasteiger partial charge is 0.501 e. The van der Waals surface area contributed by atoms with Gasteiger partial charge >= 0.3 is 0 Å². The molecule has 0 spiro atoms. The van der Waals surface area contributed by atoms with E-state index in [0.717, 1.165) is 92.4 Å². The Morgan fingerprint density at radius 2 is 1.21 bits per heavy atom. The Bertz CT molecular complexity index is 3980. The summed E-state index contributed by atoms with van der Waals surface area (Å²) in [4.78, 5) is 9.93.